The SMILES string of the molecule is CCOc1ccc2nc(NN=O)sc2c1.[Na+]. The summed E-state index contributed by atoms with van der Waals surface area (Å²) in [6.45, 7) is 2.56. The van der Waals surface area contributed by atoms with Crippen molar-refractivity contribution in [1.29, 1.82) is 0 Å². The number of nitrogens with one attached hydrogen (secondary N) is 1. The van der Waals surface area contributed by atoms with Crippen LogP contribution in [0.2, 0.25) is 0 Å². The molecule has 0 aliphatic carbocycles. The smallest absolute Gasteiger partial charge is 0.494 e. The van der Waals surface area contributed by atoms with Gasteiger partial charge >= 0.3 is 29.6 Å². The fraction of sp³-hybridized carbons (Fsp3) is 0.222. The number of hydrogen-bond donors (Lipinski definition) is 1. The fourth-order valence-corrected chi connectivity index (χ4v) is 2.08. The van der Waals surface area contributed by atoms with E-state index < -0.39 is 0 Å². The molecule has 1 aromatic carbocycles. The summed E-state index contributed by atoms with van der Waals surface area (Å²) < 4.78 is 6.32. The van der Waals surface area contributed by atoms with Gasteiger partial charge in [0.15, 0.2) is 0 Å². The molecule has 5 nitrogen and oxygen atoms in total. The molecule has 16 heavy (non-hydrogen) atoms. The van der Waals surface area contributed by atoms with E-state index >= 15 is 0 Å². The molecule has 0 atom stereocenters. The Morgan fingerprint density at radius 2 is 2.38 bits per heavy atom. The topological polar surface area (TPSA) is 63.6 Å². The zero-order valence-electron chi connectivity index (χ0n) is 9.06. The Morgan fingerprint density at radius 1 is 1.56 bits per heavy atom. The van der Waals surface area contributed by atoms with Gasteiger partial charge in [0.1, 0.15) is 5.75 Å². The summed E-state index contributed by atoms with van der Waals surface area (Å²) in [6.07, 6.45) is 0. The Hall–Kier alpha value is -0.690. The Morgan fingerprint density at radius 3 is 3.06 bits per heavy atom. The van der Waals surface area contributed by atoms with E-state index in [0.717, 1.165) is 16.0 Å². The van der Waals surface area contributed by atoms with E-state index in [4.69, 9.17) is 4.74 Å². The van der Waals surface area contributed by atoms with Crippen molar-refractivity contribution < 1.29 is 34.3 Å². The first-order valence-corrected chi connectivity index (χ1v) is 5.27. The van der Waals surface area contributed by atoms with Crippen LogP contribution in [-0.4, -0.2) is 11.6 Å². The van der Waals surface area contributed by atoms with Crippen LogP contribution in [0, 0.1) is 4.91 Å². The summed E-state index contributed by atoms with van der Waals surface area (Å²) in [6, 6.07) is 5.60. The van der Waals surface area contributed by atoms with Crippen LogP contribution in [0.1, 0.15) is 6.92 Å². The number of benzene rings is 1. The quantitative estimate of drug-likeness (QED) is 0.461. The van der Waals surface area contributed by atoms with E-state index in [1.54, 1.807) is 0 Å². The van der Waals surface area contributed by atoms with Gasteiger partial charge in [0.2, 0.25) is 5.13 Å². The van der Waals surface area contributed by atoms with Gasteiger partial charge in [0.25, 0.3) is 0 Å². The van der Waals surface area contributed by atoms with Crippen LogP contribution in [0.3, 0.4) is 0 Å². The molecule has 0 aliphatic rings. The third kappa shape index (κ3) is 2.91. The first-order valence-electron chi connectivity index (χ1n) is 4.45. The molecule has 0 spiro atoms. The largest absolute Gasteiger partial charge is 1.00 e. The van der Waals surface area contributed by atoms with Crippen LogP contribution >= 0.6 is 11.3 Å². The van der Waals surface area contributed by atoms with Crippen molar-refractivity contribution in [3.63, 3.8) is 0 Å². The maximum Gasteiger partial charge on any atom is 1.00 e. The summed E-state index contributed by atoms with van der Waals surface area (Å²) in [5.41, 5.74) is 3.11. The molecule has 0 saturated heterocycles. The minimum Gasteiger partial charge on any atom is -0.494 e. The number of thiazole rings is 1. The first-order chi connectivity index (χ1) is 7.33. The van der Waals surface area contributed by atoms with E-state index in [-0.39, 0.29) is 29.6 Å². The zero-order valence-corrected chi connectivity index (χ0v) is 11.9. The minimum atomic E-state index is 0. The first kappa shape index (κ1) is 13.4. The van der Waals surface area contributed by atoms with Gasteiger partial charge in [-0.15, -0.1) is 4.91 Å². The summed E-state index contributed by atoms with van der Waals surface area (Å²) in [5, 5.41) is 3.07. The second-order valence-electron chi connectivity index (χ2n) is 2.78. The molecule has 1 aromatic heterocycles. The van der Waals surface area contributed by atoms with Gasteiger partial charge in [0, 0.05) is 0 Å². The van der Waals surface area contributed by atoms with Gasteiger partial charge < -0.3 is 4.74 Å². The maximum absolute atomic E-state index is 10.0. The van der Waals surface area contributed by atoms with Gasteiger partial charge in [-0.25, -0.2) is 10.4 Å². The molecule has 0 amide bonds. The standard InChI is InChI=1S/C9H9N3O2S.Na/c1-2-14-6-3-4-7-8(5-6)15-9(10-7)11-12-13;/h3-5H,2H2,1H3,(H,10,11,13);/q;+1. The molecule has 0 radical (unpaired) electrons. The number of hydrogen-bond acceptors (Lipinski definition) is 5. The maximum atomic E-state index is 10.0. The van der Waals surface area contributed by atoms with E-state index in [9.17, 15) is 4.91 Å². The van der Waals surface area contributed by atoms with E-state index in [0.29, 0.717) is 11.7 Å². The van der Waals surface area contributed by atoms with Crippen molar-refractivity contribution in [2.45, 2.75) is 6.92 Å². The van der Waals surface area contributed by atoms with Crippen LogP contribution in [-0.2, 0) is 0 Å². The normalized spacial score (nSPS) is 9.56. The average Bonchev–Trinajstić information content (AvgIpc) is 2.60. The molecule has 2 aromatic rings. The Balaban J connectivity index is 0.00000128. The van der Waals surface area contributed by atoms with Crippen LogP contribution in [0.5, 0.6) is 5.75 Å². The average molecular weight is 246 g/mol. The van der Waals surface area contributed by atoms with Crippen LogP contribution in [0.25, 0.3) is 10.2 Å². The molecule has 1 heterocycles. The van der Waals surface area contributed by atoms with Crippen LogP contribution in [0.15, 0.2) is 23.5 Å². The van der Waals surface area contributed by atoms with Gasteiger partial charge in [-0.05, 0) is 25.1 Å². The second kappa shape index (κ2) is 6.15. The third-order valence-corrected chi connectivity index (χ3v) is 2.74. The zero-order chi connectivity index (χ0) is 10.7. The predicted octanol–water partition coefficient (Wildman–Crippen LogP) is -0.208. The van der Waals surface area contributed by atoms with E-state index in [1.165, 1.54) is 11.3 Å². The molecule has 0 aliphatic heterocycles. The Kier molecular flexibility index (Phi) is 5.14. The van der Waals surface area contributed by atoms with E-state index in [2.05, 4.69) is 15.7 Å². The number of anilines is 1. The van der Waals surface area contributed by atoms with Crippen molar-refractivity contribution in [2.75, 3.05) is 12.0 Å². The molecule has 78 valence electrons. The van der Waals surface area contributed by atoms with Crippen molar-refractivity contribution in [2.24, 2.45) is 5.29 Å². The van der Waals surface area contributed by atoms with Crippen LogP contribution < -0.4 is 39.7 Å². The molecule has 0 bridgehead atoms. The Labute approximate surface area is 118 Å². The second-order valence-corrected chi connectivity index (χ2v) is 3.82. The monoisotopic (exact) mass is 246 g/mol. The number of fused-ring (bicyclic) bond motifs is 1. The third-order valence-electron chi connectivity index (χ3n) is 1.81. The Bertz CT molecular complexity index is 489. The number of nitroso groups, excluding NO2 is 1. The summed E-state index contributed by atoms with van der Waals surface area (Å²) in [4.78, 5) is 14.2. The van der Waals surface area contributed by atoms with Crippen molar-refractivity contribution in [3.05, 3.63) is 23.1 Å². The molecule has 7 heteroatoms. The number of aromatic nitrogens is 1. The predicted molar refractivity (Wildman–Crippen MR) is 60.2 cm³/mol. The van der Waals surface area contributed by atoms with E-state index in [1.807, 2.05) is 25.1 Å². The molecular formula is C9H9N3NaO2S+. The molecule has 0 fully saturated rings. The molecule has 0 unspecified atom stereocenters. The summed E-state index contributed by atoms with van der Waals surface area (Å²) >= 11 is 1.37. The minimum absolute atomic E-state index is 0. The number of rotatable bonds is 4. The molecule has 2 rings (SSSR count). The molecule has 0 saturated carbocycles. The van der Waals surface area contributed by atoms with Gasteiger partial charge in [-0.3, -0.25) is 0 Å². The molecule has 1 N–H and O–H groups in total. The van der Waals surface area contributed by atoms with Gasteiger partial charge in [-0.1, -0.05) is 11.3 Å². The van der Waals surface area contributed by atoms with Gasteiger partial charge in [-0.2, -0.15) is 0 Å². The van der Waals surface area contributed by atoms with Gasteiger partial charge in [0.05, 0.1) is 22.1 Å². The van der Waals surface area contributed by atoms with Crippen molar-refractivity contribution in [1.82, 2.24) is 4.98 Å². The summed E-state index contributed by atoms with van der Waals surface area (Å²) in [5.74, 6) is 0.805. The number of nitrogens with zero attached hydrogens (tertiary/aromatic N) is 2. The van der Waals surface area contributed by atoms with Crippen molar-refractivity contribution in [3.8, 4) is 5.75 Å². The fourth-order valence-electron chi connectivity index (χ4n) is 1.25. The summed E-state index contributed by atoms with van der Waals surface area (Å²) in [7, 11) is 0. The van der Waals surface area contributed by atoms with Crippen LogP contribution in [0.4, 0.5) is 5.13 Å². The number of ether oxygens (including phenoxy) is 1. The van der Waals surface area contributed by atoms with Crippen molar-refractivity contribution >= 4 is 26.7 Å². The molecular weight excluding hydrogens is 237 g/mol.